The Bertz CT molecular complexity index is 606. The molecule has 1 amide bonds. The summed E-state index contributed by atoms with van der Waals surface area (Å²) < 4.78 is 22.3. The third-order valence-corrected chi connectivity index (χ3v) is 4.95. The molecule has 3 N–H and O–H groups in total. The zero-order chi connectivity index (χ0) is 15.0. The molecule has 0 aromatic heterocycles. The zero-order valence-corrected chi connectivity index (χ0v) is 12.5. The highest BCUT2D eigenvalue weighted by Gasteiger charge is 2.39. The maximum Gasteiger partial charge on any atom is 0.238 e. The van der Waals surface area contributed by atoms with Crippen molar-refractivity contribution in [1.29, 1.82) is 0 Å². The monoisotopic (exact) mass is 296 g/mol. The van der Waals surface area contributed by atoms with E-state index in [0.29, 0.717) is 5.69 Å². The molecule has 5 nitrogen and oxygen atoms in total. The molecule has 6 heteroatoms. The average Bonchev–Trinajstić information content (AvgIpc) is 2.68. The number of carbonyl (C=O) groups excluding carboxylic acids is 1. The van der Waals surface area contributed by atoms with Gasteiger partial charge in [0.2, 0.25) is 15.9 Å². The van der Waals surface area contributed by atoms with Crippen molar-refractivity contribution in [2.24, 2.45) is 16.5 Å². The van der Waals surface area contributed by atoms with Gasteiger partial charge in [0, 0.05) is 11.6 Å². The number of nitrogens with two attached hydrogens (primary N) is 1. The first-order valence-electron chi connectivity index (χ1n) is 6.64. The Kier molecular flexibility index (Phi) is 3.88. The van der Waals surface area contributed by atoms with Crippen LogP contribution in [0.4, 0.5) is 5.69 Å². The lowest BCUT2D eigenvalue weighted by Crippen LogP contribution is -2.30. The van der Waals surface area contributed by atoms with Crippen LogP contribution in [0.5, 0.6) is 0 Å². The van der Waals surface area contributed by atoms with E-state index < -0.39 is 10.0 Å². The van der Waals surface area contributed by atoms with E-state index in [-0.39, 0.29) is 22.1 Å². The molecule has 0 spiro atoms. The highest BCUT2D eigenvalue weighted by Crippen LogP contribution is 2.43. The molecule has 1 aliphatic carbocycles. The highest BCUT2D eigenvalue weighted by atomic mass is 32.2. The van der Waals surface area contributed by atoms with Gasteiger partial charge >= 0.3 is 0 Å². The minimum Gasteiger partial charge on any atom is -0.326 e. The number of carbonyl (C=O) groups is 1. The Morgan fingerprint density at radius 3 is 2.35 bits per heavy atom. The summed E-state index contributed by atoms with van der Waals surface area (Å²) in [6.45, 7) is 4.21. The number of nitrogens with one attached hydrogen (secondary N) is 1. The summed E-state index contributed by atoms with van der Waals surface area (Å²) in [7, 11) is -3.69. The molecule has 1 fully saturated rings. The van der Waals surface area contributed by atoms with E-state index in [2.05, 4.69) is 19.2 Å². The van der Waals surface area contributed by atoms with Gasteiger partial charge in [-0.3, -0.25) is 4.79 Å². The molecule has 0 aliphatic heterocycles. The van der Waals surface area contributed by atoms with Crippen molar-refractivity contribution < 1.29 is 13.2 Å². The van der Waals surface area contributed by atoms with Crippen LogP contribution < -0.4 is 10.5 Å². The molecule has 1 atom stereocenters. The second-order valence-electron chi connectivity index (χ2n) is 5.99. The summed E-state index contributed by atoms with van der Waals surface area (Å²) in [5.41, 5.74) is 0.607. The molecule has 110 valence electrons. The Labute approximate surface area is 119 Å². The van der Waals surface area contributed by atoms with E-state index in [1.54, 1.807) is 12.1 Å². The smallest absolute Gasteiger partial charge is 0.238 e. The van der Waals surface area contributed by atoms with Gasteiger partial charge in [-0.15, -0.1) is 0 Å². The van der Waals surface area contributed by atoms with Crippen LogP contribution in [0.15, 0.2) is 29.2 Å². The first-order valence-corrected chi connectivity index (χ1v) is 8.18. The number of benzene rings is 1. The second kappa shape index (κ2) is 5.18. The number of amides is 1. The summed E-state index contributed by atoms with van der Waals surface area (Å²) in [4.78, 5) is 12.3. The maximum atomic E-state index is 12.3. The fraction of sp³-hybridized carbons (Fsp3) is 0.500. The largest absolute Gasteiger partial charge is 0.326 e. The Morgan fingerprint density at radius 2 is 1.90 bits per heavy atom. The van der Waals surface area contributed by atoms with Crippen LogP contribution in [0.2, 0.25) is 0 Å². The van der Waals surface area contributed by atoms with Crippen molar-refractivity contribution in [3.63, 3.8) is 0 Å². The molecule has 1 saturated carbocycles. The molecule has 1 unspecified atom stereocenters. The SMILES string of the molecule is CC1(C)CCCC1C(=O)Nc1ccc(S(N)(=O)=O)cc1. The third-order valence-electron chi connectivity index (χ3n) is 4.02. The van der Waals surface area contributed by atoms with Crippen molar-refractivity contribution in [2.75, 3.05) is 5.32 Å². The topological polar surface area (TPSA) is 89.3 Å². The average molecular weight is 296 g/mol. The predicted molar refractivity (Wildman–Crippen MR) is 77.6 cm³/mol. The van der Waals surface area contributed by atoms with Crippen molar-refractivity contribution in [1.82, 2.24) is 0 Å². The summed E-state index contributed by atoms with van der Waals surface area (Å²) in [5.74, 6) is -0.00345. The van der Waals surface area contributed by atoms with Crippen LogP contribution >= 0.6 is 0 Å². The molecular weight excluding hydrogens is 276 g/mol. The van der Waals surface area contributed by atoms with Crippen molar-refractivity contribution in [3.8, 4) is 0 Å². The molecule has 1 aliphatic rings. The van der Waals surface area contributed by atoms with Gasteiger partial charge < -0.3 is 5.32 Å². The Balaban J connectivity index is 2.09. The molecule has 1 aromatic rings. The van der Waals surface area contributed by atoms with Crippen molar-refractivity contribution in [3.05, 3.63) is 24.3 Å². The van der Waals surface area contributed by atoms with Crippen LogP contribution in [0.3, 0.4) is 0 Å². The van der Waals surface area contributed by atoms with Crippen LogP contribution in [0.25, 0.3) is 0 Å². The number of primary sulfonamides is 1. The molecule has 20 heavy (non-hydrogen) atoms. The van der Waals surface area contributed by atoms with Gasteiger partial charge in [0.15, 0.2) is 0 Å². The zero-order valence-electron chi connectivity index (χ0n) is 11.7. The van der Waals surface area contributed by atoms with E-state index in [9.17, 15) is 13.2 Å². The third kappa shape index (κ3) is 3.19. The lowest BCUT2D eigenvalue weighted by atomic mass is 9.81. The Hall–Kier alpha value is -1.40. The van der Waals surface area contributed by atoms with Crippen molar-refractivity contribution >= 4 is 21.6 Å². The van der Waals surface area contributed by atoms with Gasteiger partial charge in [-0.05, 0) is 42.5 Å². The highest BCUT2D eigenvalue weighted by molar-refractivity contribution is 7.89. The maximum absolute atomic E-state index is 12.3. The van der Waals surface area contributed by atoms with Crippen molar-refractivity contribution in [2.45, 2.75) is 38.0 Å². The Morgan fingerprint density at radius 1 is 1.30 bits per heavy atom. The lowest BCUT2D eigenvalue weighted by Gasteiger charge is -2.25. The minimum absolute atomic E-state index is 0.000387. The first kappa shape index (κ1) is 15.0. The molecule has 0 heterocycles. The van der Waals surface area contributed by atoms with Crippen LogP contribution in [-0.4, -0.2) is 14.3 Å². The van der Waals surface area contributed by atoms with Gasteiger partial charge in [-0.2, -0.15) is 0 Å². The summed E-state index contributed by atoms with van der Waals surface area (Å²) >= 11 is 0. The van der Waals surface area contributed by atoms with Gasteiger partial charge in [-0.1, -0.05) is 20.3 Å². The fourth-order valence-electron chi connectivity index (χ4n) is 2.77. The first-order chi connectivity index (χ1) is 9.20. The van der Waals surface area contributed by atoms with Gasteiger partial charge in [0.05, 0.1) is 4.90 Å². The number of hydrogen-bond donors (Lipinski definition) is 2. The quantitative estimate of drug-likeness (QED) is 0.895. The number of sulfonamides is 1. The van der Waals surface area contributed by atoms with E-state index in [4.69, 9.17) is 5.14 Å². The number of hydrogen-bond acceptors (Lipinski definition) is 3. The minimum atomic E-state index is -3.69. The fourth-order valence-corrected chi connectivity index (χ4v) is 3.29. The molecule has 0 bridgehead atoms. The molecule has 1 aromatic carbocycles. The van der Waals surface area contributed by atoms with E-state index in [1.807, 2.05) is 0 Å². The number of anilines is 1. The molecule has 2 rings (SSSR count). The summed E-state index contributed by atoms with van der Waals surface area (Å²) in [6, 6.07) is 5.90. The van der Waals surface area contributed by atoms with E-state index >= 15 is 0 Å². The van der Waals surface area contributed by atoms with Gasteiger partial charge in [0.25, 0.3) is 0 Å². The summed E-state index contributed by atoms with van der Waals surface area (Å²) in [5, 5.41) is 7.87. The standard InChI is InChI=1S/C14H20N2O3S/c1-14(2)9-3-4-12(14)13(17)16-10-5-7-11(8-6-10)20(15,18)19/h5-8,12H,3-4,9H2,1-2H3,(H,16,17)(H2,15,18,19). The second-order valence-corrected chi connectivity index (χ2v) is 7.55. The van der Waals surface area contributed by atoms with Crippen LogP contribution in [0, 0.1) is 11.3 Å². The lowest BCUT2D eigenvalue weighted by molar-refractivity contribution is -0.122. The van der Waals surface area contributed by atoms with Gasteiger partial charge in [-0.25, -0.2) is 13.6 Å². The summed E-state index contributed by atoms with van der Waals surface area (Å²) in [6.07, 6.45) is 3.01. The van der Waals surface area contributed by atoms with Crippen LogP contribution in [0.1, 0.15) is 33.1 Å². The normalized spacial score (nSPS) is 21.6. The molecule has 0 radical (unpaired) electrons. The van der Waals surface area contributed by atoms with Crippen LogP contribution in [-0.2, 0) is 14.8 Å². The van der Waals surface area contributed by atoms with E-state index in [0.717, 1.165) is 19.3 Å². The van der Waals surface area contributed by atoms with E-state index in [1.165, 1.54) is 12.1 Å². The molecular formula is C14H20N2O3S. The molecule has 0 saturated heterocycles. The predicted octanol–water partition coefficient (Wildman–Crippen LogP) is 2.10. The number of rotatable bonds is 3. The van der Waals surface area contributed by atoms with Gasteiger partial charge in [0.1, 0.15) is 0 Å².